The highest BCUT2D eigenvalue weighted by Gasteiger charge is 2.30. The van der Waals surface area contributed by atoms with Crippen LogP contribution in [0.25, 0.3) is 0 Å². The van der Waals surface area contributed by atoms with E-state index in [-0.39, 0.29) is 19.1 Å². The molecule has 142 valence electrons. The van der Waals surface area contributed by atoms with Gasteiger partial charge >= 0.3 is 12.1 Å². The van der Waals surface area contributed by atoms with Crippen LogP contribution in [-0.4, -0.2) is 30.4 Å². The van der Waals surface area contributed by atoms with Gasteiger partial charge in [-0.2, -0.15) is 13.2 Å². The lowest BCUT2D eigenvalue weighted by Crippen LogP contribution is -2.30. The lowest BCUT2D eigenvalue weighted by Gasteiger charge is -2.13. The maximum absolute atomic E-state index is 12.6. The first kappa shape index (κ1) is 18.8. The normalized spacial score (nSPS) is 13.5. The largest absolute Gasteiger partial charge is 0.489 e. The number of esters is 1. The number of halogens is 3. The number of amides is 1. The highest BCUT2D eigenvalue weighted by atomic mass is 19.4. The number of methoxy groups -OCH3 is 1. The van der Waals surface area contributed by atoms with Crippen molar-refractivity contribution in [2.24, 2.45) is 0 Å². The van der Waals surface area contributed by atoms with E-state index in [9.17, 15) is 22.8 Å². The smallest absolute Gasteiger partial charge is 0.416 e. The fourth-order valence-corrected chi connectivity index (χ4v) is 2.73. The van der Waals surface area contributed by atoms with Crippen LogP contribution >= 0.6 is 0 Å². The molecule has 0 unspecified atom stereocenters. The van der Waals surface area contributed by atoms with Crippen LogP contribution < -0.4 is 4.74 Å². The zero-order valence-corrected chi connectivity index (χ0v) is 14.4. The summed E-state index contributed by atoms with van der Waals surface area (Å²) in [6.07, 6.45) is -4.38. The molecule has 0 radical (unpaired) electrons. The van der Waals surface area contributed by atoms with Gasteiger partial charge < -0.3 is 14.4 Å². The number of carbonyl (C=O) groups excluding carboxylic acids is 2. The number of fused-ring (bicyclic) bond motifs is 1. The van der Waals surface area contributed by atoms with Gasteiger partial charge in [0, 0.05) is 12.1 Å². The first-order chi connectivity index (χ1) is 12.8. The molecule has 0 aliphatic carbocycles. The van der Waals surface area contributed by atoms with Crippen LogP contribution in [0.15, 0.2) is 42.5 Å². The van der Waals surface area contributed by atoms with Crippen LogP contribution in [0.4, 0.5) is 13.2 Å². The van der Waals surface area contributed by atoms with E-state index in [0.717, 1.165) is 17.7 Å². The maximum atomic E-state index is 12.6. The molecule has 0 N–H and O–H groups in total. The van der Waals surface area contributed by atoms with Crippen molar-refractivity contribution < 1.29 is 32.2 Å². The summed E-state index contributed by atoms with van der Waals surface area (Å²) in [6.45, 7) is 0.241. The Labute approximate surface area is 153 Å². The van der Waals surface area contributed by atoms with Crippen LogP contribution in [0.3, 0.4) is 0 Å². The molecule has 0 aromatic heterocycles. The number of carbonyl (C=O) groups is 2. The van der Waals surface area contributed by atoms with Crippen LogP contribution in [0.2, 0.25) is 0 Å². The maximum Gasteiger partial charge on any atom is 0.416 e. The number of rotatable bonds is 5. The van der Waals surface area contributed by atoms with Crippen LogP contribution in [0.5, 0.6) is 5.75 Å². The quantitative estimate of drug-likeness (QED) is 0.747. The summed E-state index contributed by atoms with van der Waals surface area (Å²) in [6, 6.07) is 9.66. The molecule has 2 aromatic carbocycles. The summed E-state index contributed by atoms with van der Waals surface area (Å²) in [5.41, 5.74) is 1.05. The molecule has 0 saturated carbocycles. The van der Waals surface area contributed by atoms with Gasteiger partial charge in [-0.3, -0.25) is 9.59 Å². The van der Waals surface area contributed by atoms with Gasteiger partial charge in [-0.25, -0.2) is 0 Å². The third kappa shape index (κ3) is 4.21. The Hall–Kier alpha value is -3.03. The molecule has 2 aromatic rings. The lowest BCUT2D eigenvalue weighted by atomic mass is 10.1. The lowest BCUT2D eigenvalue weighted by molar-refractivity contribution is -0.141. The SMILES string of the molecule is COC(=O)CN1Cc2ccc(OCc3ccc(C(F)(F)F)cc3)cc2C1=O. The highest BCUT2D eigenvalue weighted by molar-refractivity contribution is 6.00. The third-order valence-corrected chi connectivity index (χ3v) is 4.19. The molecule has 0 fully saturated rings. The second-order valence-corrected chi connectivity index (χ2v) is 6.04. The summed E-state index contributed by atoms with van der Waals surface area (Å²) < 4.78 is 47.9. The number of ether oxygens (including phenoxy) is 2. The Morgan fingerprint density at radius 2 is 1.85 bits per heavy atom. The van der Waals surface area contributed by atoms with Gasteiger partial charge in [0.15, 0.2) is 0 Å². The van der Waals surface area contributed by atoms with E-state index in [2.05, 4.69) is 4.74 Å². The molecule has 8 heteroatoms. The van der Waals surface area contributed by atoms with Crippen molar-refractivity contribution >= 4 is 11.9 Å². The van der Waals surface area contributed by atoms with Crippen molar-refractivity contribution in [1.29, 1.82) is 0 Å². The van der Waals surface area contributed by atoms with Gasteiger partial charge in [0.25, 0.3) is 5.91 Å². The molecule has 27 heavy (non-hydrogen) atoms. The molecule has 0 atom stereocenters. The average molecular weight is 379 g/mol. The van der Waals surface area contributed by atoms with E-state index in [4.69, 9.17) is 4.74 Å². The summed E-state index contributed by atoms with van der Waals surface area (Å²) in [5, 5.41) is 0. The molecule has 1 amide bonds. The van der Waals surface area contributed by atoms with Crippen molar-refractivity contribution in [3.05, 3.63) is 64.7 Å². The topological polar surface area (TPSA) is 55.8 Å². The van der Waals surface area contributed by atoms with Gasteiger partial charge in [-0.15, -0.1) is 0 Å². The predicted octanol–water partition coefficient (Wildman–Crippen LogP) is 3.41. The van der Waals surface area contributed by atoms with Crippen LogP contribution in [-0.2, 0) is 28.9 Å². The van der Waals surface area contributed by atoms with Gasteiger partial charge in [-0.1, -0.05) is 18.2 Å². The van der Waals surface area contributed by atoms with Crippen LogP contribution in [0.1, 0.15) is 27.0 Å². The Kier molecular flexibility index (Phi) is 5.07. The van der Waals surface area contributed by atoms with E-state index in [1.54, 1.807) is 18.2 Å². The minimum Gasteiger partial charge on any atom is -0.489 e. The summed E-state index contributed by atoms with van der Waals surface area (Å²) in [5.74, 6) is -0.382. The monoisotopic (exact) mass is 379 g/mol. The fourth-order valence-electron chi connectivity index (χ4n) is 2.73. The molecule has 3 rings (SSSR count). The van der Waals surface area contributed by atoms with E-state index in [1.165, 1.54) is 24.1 Å². The van der Waals surface area contributed by atoms with Crippen molar-refractivity contribution in [2.75, 3.05) is 13.7 Å². The number of alkyl halides is 3. The van der Waals surface area contributed by atoms with Gasteiger partial charge in [0.2, 0.25) is 0 Å². The van der Waals surface area contributed by atoms with Crippen molar-refractivity contribution in [1.82, 2.24) is 4.90 Å². The minimum atomic E-state index is -4.38. The summed E-state index contributed by atoms with van der Waals surface area (Å²) in [4.78, 5) is 25.1. The predicted molar refractivity (Wildman–Crippen MR) is 89.0 cm³/mol. The molecule has 1 aliphatic rings. The first-order valence-corrected chi connectivity index (χ1v) is 8.06. The Morgan fingerprint density at radius 3 is 2.48 bits per heavy atom. The molecule has 0 spiro atoms. The number of hydrogen-bond donors (Lipinski definition) is 0. The number of hydrogen-bond acceptors (Lipinski definition) is 4. The first-order valence-electron chi connectivity index (χ1n) is 8.06. The van der Waals surface area contributed by atoms with E-state index in [1.807, 2.05) is 0 Å². The average Bonchev–Trinajstić information content (AvgIpc) is 2.95. The molecule has 0 saturated heterocycles. The second kappa shape index (κ2) is 7.30. The van der Waals surface area contributed by atoms with Gasteiger partial charge in [0.05, 0.1) is 12.7 Å². The molecule has 5 nitrogen and oxygen atoms in total. The number of nitrogens with zero attached hydrogens (tertiary/aromatic N) is 1. The van der Waals surface area contributed by atoms with E-state index >= 15 is 0 Å². The second-order valence-electron chi connectivity index (χ2n) is 6.04. The van der Waals surface area contributed by atoms with E-state index < -0.39 is 17.7 Å². The molecular formula is C19H16F3NO4. The molecule has 1 aliphatic heterocycles. The number of benzene rings is 2. The minimum absolute atomic E-state index is 0.0665. The van der Waals surface area contributed by atoms with E-state index in [0.29, 0.717) is 23.4 Å². The highest BCUT2D eigenvalue weighted by Crippen LogP contribution is 2.30. The van der Waals surface area contributed by atoms with Crippen molar-refractivity contribution in [2.45, 2.75) is 19.3 Å². The summed E-state index contributed by atoms with van der Waals surface area (Å²) >= 11 is 0. The zero-order chi connectivity index (χ0) is 19.6. The Bertz CT molecular complexity index is 862. The summed E-state index contributed by atoms with van der Waals surface area (Å²) in [7, 11) is 1.25. The Balaban J connectivity index is 1.65. The van der Waals surface area contributed by atoms with Crippen molar-refractivity contribution in [3.63, 3.8) is 0 Å². The standard InChI is InChI=1S/C19H16F3NO4/c1-26-17(24)10-23-9-13-4-7-15(8-16(13)18(23)25)27-11-12-2-5-14(6-3-12)19(20,21)22/h2-8H,9-11H2,1H3. The fraction of sp³-hybridized carbons (Fsp3) is 0.263. The van der Waals surface area contributed by atoms with Crippen LogP contribution in [0, 0.1) is 0 Å². The van der Waals surface area contributed by atoms with Gasteiger partial charge in [0.1, 0.15) is 18.9 Å². The molecular weight excluding hydrogens is 363 g/mol. The molecule has 0 bridgehead atoms. The zero-order valence-electron chi connectivity index (χ0n) is 14.4. The van der Waals surface area contributed by atoms with Gasteiger partial charge in [-0.05, 0) is 35.4 Å². The third-order valence-electron chi connectivity index (χ3n) is 4.19. The van der Waals surface area contributed by atoms with Crippen molar-refractivity contribution in [3.8, 4) is 5.75 Å². The Morgan fingerprint density at radius 1 is 1.15 bits per heavy atom. The molecule has 1 heterocycles.